The Morgan fingerprint density at radius 1 is 1.20 bits per heavy atom. The molecule has 2 aromatic carbocycles. The Hall–Kier alpha value is -3.24. The van der Waals surface area contributed by atoms with Crippen molar-refractivity contribution in [2.45, 2.75) is 13.8 Å². The van der Waals surface area contributed by atoms with Gasteiger partial charge in [-0.2, -0.15) is 0 Å². The largest absolute Gasteiger partial charge is 0.378 e. The van der Waals surface area contributed by atoms with E-state index in [1.807, 2.05) is 30.9 Å². The van der Waals surface area contributed by atoms with Crippen LogP contribution in [0.3, 0.4) is 0 Å². The van der Waals surface area contributed by atoms with Crippen molar-refractivity contribution < 1.29 is 14.5 Å². The first-order valence-electron chi connectivity index (χ1n) is 9.37. The number of nitrogens with two attached hydrogens (primary N) is 1. The quantitative estimate of drug-likeness (QED) is 0.433. The third-order valence-electron chi connectivity index (χ3n) is 4.97. The number of nitrogens with zero attached hydrogens (tertiary/aromatic N) is 3. The van der Waals surface area contributed by atoms with Crippen LogP contribution in [0.15, 0.2) is 36.4 Å². The van der Waals surface area contributed by atoms with E-state index in [9.17, 15) is 14.9 Å². The summed E-state index contributed by atoms with van der Waals surface area (Å²) in [6.07, 6.45) is 0. The predicted molar refractivity (Wildman–Crippen MR) is 119 cm³/mol. The molecule has 3 rings (SSSR count). The second-order valence-corrected chi connectivity index (χ2v) is 7.36. The van der Waals surface area contributed by atoms with Gasteiger partial charge in [0.05, 0.1) is 23.8 Å². The topological polar surface area (TPSA) is 114 Å². The fourth-order valence-corrected chi connectivity index (χ4v) is 3.31. The molecule has 0 unspecified atom stereocenters. The highest BCUT2D eigenvalue weighted by Gasteiger charge is 2.24. The zero-order chi connectivity index (χ0) is 21.8. The lowest BCUT2D eigenvalue weighted by Gasteiger charge is -2.28. The highest BCUT2D eigenvalue weighted by Crippen LogP contribution is 2.30. The van der Waals surface area contributed by atoms with Crippen LogP contribution in [0.1, 0.15) is 21.5 Å². The molecule has 158 valence electrons. The van der Waals surface area contributed by atoms with E-state index in [2.05, 4.69) is 5.43 Å². The van der Waals surface area contributed by atoms with Gasteiger partial charge in [0.2, 0.25) is 0 Å². The second kappa shape index (κ2) is 9.06. The summed E-state index contributed by atoms with van der Waals surface area (Å²) in [5, 5.41) is 12.9. The van der Waals surface area contributed by atoms with Gasteiger partial charge in [0.25, 0.3) is 11.6 Å². The van der Waals surface area contributed by atoms with Crippen molar-refractivity contribution in [1.82, 2.24) is 5.43 Å². The molecule has 1 aliphatic heterocycles. The first-order valence-corrected chi connectivity index (χ1v) is 9.77. The van der Waals surface area contributed by atoms with E-state index in [0.717, 1.165) is 11.1 Å². The van der Waals surface area contributed by atoms with Crippen LogP contribution >= 0.6 is 12.2 Å². The highest BCUT2D eigenvalue weighted by molar-refractivity contribution is 7.80. The van der Waals surface area contributed by atoms with Crippen LogP contribution in [0.4, 0.5) is 17.1 Å². The van der Waals surface area contributed by atoms with E-state index in [-0.39, 0.29) is 16.4 Å². The molecule has 0 aromatic heterocycles. The molecular formula is C20H23N5O4S. The maximum absolute atomic E-state index is 12.8. The Bertz CT molecular complexity index is 991. The first kappa shape index (κ1) is 21.5. The molecule has 1 saturated heterocycles. The van der Waals surface area contributed by atoms with Gasteiger partial charge in [-0.1, -0.05) is 6.07 Å². The maximum Gasteiger partial charge on any atom is 0.293 e. The zero-order valence-electron chi connectivity index (χ0n) is 16.8. The van der Waals surface area contributed by atoms with Crippen molar-refractivity contribution in [3.05, 3.63) is 63.2 Å². The summed E-state index contributed by atoms with van der Waals surface area (Å²) in [6.45, 7) is 6.00. The molecule has 3 N–H and O–H groups in total. The third kappa shape index (κ3) is 4.66. The van der Waals surface area contributed by atoms with Gasteiger partial charge in [0.1, 0.15) is 5.69 Å². The number of thiocarbonyl (C=S) groups is 1. The molecule has 0 spiro atoms. The van der Waals surface area contributed by atoms with Crippen molar-refractivity contribution in [3.8, 4) is 0 Å². The molecule has 0 radical (unpaired) electrons. The van der Waals surface area contributed by atoms with Crippen LogP contribution in [0, 0.1) is 24.0 Å². The Kier molecular flexibility index (Phi) is 6.48. The van der Waals surface area contributed by atoms with Crippen molar-refractivity contribution in [3.63, 3.8) is 0 Å². The number of nitro benzene ring substituents is 1. The monoisotopic (exact) mass is 429 g/mol. The number of hydrazine groups is 1. The summed E-state index contributed by atoms with van der Waals surface area (Å²) in [4.78, 5) is 25.8. The fourth-order valence-electron chi connectivity index (χ4n) is 3.16. The number of carbonyl (C=O) groups excluding carboxylic acids is 1. The summed E-state index contributed by atoms with van der Waals surface area (Å²) in [5.41, 5.74) is 11.6. The Morgan fingerprint density at radius 2 is 1.90 bits per heavy atom. The number of hydrogen-bond acceptors (Lipinski definition) is 6. The molecule has 30 heavy (non-hydrogen) atoms. The number of carbonyl (C=O) groups is 1. The number of hydrogen-bond donors (Lipinski definition) is 2. The summed E-state index contributed by atoms with van der Waals surface area (Å²) >= 11 is 5.08. The van der Waals surface area contributed by atoms with Gasteiger partial charge in [0, 0.05) is 24.7 Å². The Balaban J connectivity index is 1.87. The third-order valence-corrected chi connectivity index (χ3v) is 5.15. The molecule has 1 amide bonds. The first-order chi connectivity index (χ1) is 14.3. The number of nitro groups is 1. The molecular weight excluding hydrogens is 406 g/mol. The van der Waals surface area contributed by atoms with E-state index in [1.165, 1.54) is 11.1 Å². The molecule has 0 atom stereocenters. The van der Waals surface area contributed by atoms with Crippen molar-refractivity contribution in [1.29, 1.82) is 0 Å². The van der Waals surface area contributed by atoms with Crippen LogP contribution in [-0.2, 0) is 4.74 Å². The summed E-state index contributed by atoms with van der Waals surface area (Å²) in [5.74, 6) is -0.558. The van der Waals surface area contributed by atoms with Crippen LogP contribution in [0.2, 0.25) is 0 Å². The van der Waals surface area contributed by atoms with E-state index in [1.54, 1.807) is 18.2 Å². The Labute approximate surface area is 179 Å². The number of ether oxygens (including phenoxy) is 1. The molecule has 1 aliphatic rings. The minimum atomic E-state index is -0.558. The molecule has 10 heteroatoms. The molecule has 0 saturated carbocycles. The smallest absolute Gasteiger partial charge is 0.293 e. The summed E-state index contributed by atoms with van der Waals surface area (Å²) in [6, 6.07) is 9.91. The lowest BCUT2D eigenvalue weighted by Crippen LogP contribution is -2.49. The number of anilines is 2. The maximum atomic E-state index is 12.8. The van der Waals surface area contributed by atoms with Crippen molar-refractivity contribution >= 4 is 40.3 Å². The van der Waals surface area contributed by atoms with Crippen LogP contribution in [0.5, 0.6) is 0 Å². The molecule has 1 heterocycles. The van der Waals surface area contributed by atoms with E-state index in [4.69, 9.17) is 22.7 Å². The minimum Gasteiger partial charge on any atom is -0.378 e. The summed E-state index contributed by atoms with van der Waals surface area (Å²) in [7, 11) is 0. The van der Waals surface area contributed by atoms with Crippen LogP contribution in [-0.4, -0.2) is 42.2 Å². The average Bonchev–Trinajstić information content (AvgIpc) is 2.73. The van der Waals surface area contributed by atoms with Crippen molar-refractivity contribution in [2.75, 3.05) is 36.2 Å². The number of morpholine rings is 1. The SMILES string of the molecule is Cc1ccc(N(NC(=O)c2ccc(N3CCOCC3)c([N+](=O)[O-])c2)C(N)=S)cc1C. The van der Waals surface area contributed by atoms with Gasteiger partial charge in [-0.3, -0.25) is 20.3 Å². The molecule has 0 aliphatic carbocycles. The van der Waals surface area contributed by atoms with Gasteiger partial charge in [0.15, 0.2) is 5.11 Å². The zero-order valence-corrected chi connectivity index (χ0v) is 17.6. The number of rotatable bonds is 4. The number of amides is 1. The van der Waals surface area contributed by atoms with E-state index >= 15 is 0 Å². The number of aryl methyl sites for hydroxylation is 2. The van der Waals surface area contributed by atoms with E-state index in [0.29, 0.717) is 37.7 Å². The lowest BCUT2D eigenvalue weighted by atomic mass is 10.1. The van der Waals surface area contributed by atoms with Gasteiger partial charge >= 0.3 is 0 Å². The number of benzene rings is 2. The van der Waals surface area contributed by atoms with Crippen LogP contribution < -0.4 is 21.1 Å². The van der Waals surface area contributed by atoms with Gasteiger partial charge in [-0.25, -0.2) is 5.01 Å². The molecule has 9 nitrogen and oxygen atoms in total. The predicted octanol–water partition coefficient (Wildman–Crippen LogP) is 2.44. The lowest BCUT2D eigenvalue weighted by molar-refractivity contribution is -0.384. The van der Waals surface area contributed by atoms with E-state index < -0.39 is 10.8 Å². The van der Waals surface area contributed by atoms with Gasteiger partial charge in [-0.05, 0) is 61.5 Å². The molecule has 2 aromatic rings. The fraction of sp³-hybridized carbons (Fsp3) is 0.300. The van der Waals surface area contributed by atoms with Crippen LogP contribution in [0.25, 0.3) is 0 Å². The van der Waals surface area contributed by atoms with Gasteiger partial charge < -0.3 is 15.4 Å². The van der Waals surface area contributed by atoms with Gasteiger partial charge in [-0.15, -0.1) is 0 Å². The summed E-state index contributed by atoms with van der Waals surface area (Å²) < 4.78 is 5.30. The molecule has 1 fully saturated rings. The normalized spacial score (nSPS) is 13.6. The minimum absolute atomic E-state index is 0.0500. The molecule has 0 bridgehead atoms. The second-order valence-electron chi connectivity index (χ2n) is 6.94. The standard InChI is InChI=1S/C20H23N5O4S/c1-13-3-5-16(11-14(13)2)24(20(21)30)22-19(26)15-4-6-17(18(12-15)25(27)28)23-7-9-29-10-8-23/h3-6,11-12H,7-10H2,1-2H3,(H2,21,30)(H,22,26). The average molecular weight is 430 g/mol. The number of nitrogens with one attached hydrogen (secondary N) is 1. The highest BCUT2D eigenvalue weighted by atomic mass is 32.1. The van der Waals surface area contributed by atoms with Crippen molar-refractivity contribution in [2.24, 2.45) is 5.73 Å². The Morgan fingerprint density at radius 3 is 2.50 bits per heavy atom.